The van der Waals surface area contributed by atoms with E-state index in [1.807, 2.05) is 37.4 Å². The van der Waals surface area contributed by atoms with Crippen LogP contribution in [0.5, 0.6) is 11.5 Å². The van der Waals surface area contributed by atoms with E-state index in [-0.39, 0.29) is 12.3 Å². The van der Waals surface area contributed by atoms with Gasteiger partial charge in [0.1, 0.15) is 0 Å². The van der Waals surface area contributed by atoms with Gasteiger partial charge in [0.15, 0.2) is 11.5 Å². The predicted octanol–water partition coefficient (Wildman–Crippen LogP) is 3.36. The van der Waals surface area contributed by atoms with Crippen molar-refractivity contribution >= 4 is 22.7 Å². The lowest BCUT2D eigenvalue weighted by molar-refractivity contribution is -0.121. The topological polar surface area (TPSA) is 92.5 Å². The van der Waals surface area contributed by atoms with Crippen molar-refractivity contribution < 1.29 is 19.1 Å². The fraction of sp³-hybridized carbons (Fsp3) is 0.273. The van der Waals surface area contributed by atoms with Gasteiger partial charge in [0.2, 0.25) is 5.91 Å². The largest absolute Gasteiger partial charge is 0.493 e. The number of para-hydroxylation sites is 1. The molecule has 1 aromatic heterocycles. The Morgan fingerprint density at radius 3 is 2.69 bits per heavy atom. The Kier molecular flexibility index (Phi) is 6.73. The number of hydrogen-bond donors (Lipinski definition) is 3. The standard InChI is InChI=1S/C22H25N3O4/c1-3-12-29-19-10-8-15(13-20(19)28-2)22(27)25-24-21(26)11-9-16-14-23-18-7-5-4-6-17(16)18/h4-8,10,13-14,23H,3,9,11-12H2,1-2H3,(H,24,26)(H,25,27). The van der Waals surface area contributed by atoms with Gasteiger partial charge in [0, 0.05) is 29.1 Å². The molecule has 0 atom stereocenters. The number of amides is 2. The van der Waals surface area contributed by atoms with Crippen LogP contribution in [0, 0.1) is 0 Å². The number of fused-ring (bicyclic) bond motifs is 1. The molecule has 0 fully saturated rings. The number of carbonyl (C=O) groups is 2. The van der Waals surface area contributed by atoms with Crippen LogP contribution < -0.4 is 20.3 Å². The van der Waals surface area contributed by atoms with Gasteiger partial charge in [-0.2, -0.15) is 0 Å². The lowest BCUT2D eigenvalue weighted by Crippen LogP contribution is -2.41. The monoisotopic (exact) mass is 395 g/mol. The average molecular weight is 395 g/mol. The van der Waals surface area contributed by atoms with Gasteiger partial charge in [0.05, 0.1) is 13.7 Å². The molecule has 0 saturated heterocycles. The number of aryl methyl sites for hydroxylation is 1. The highest BCUT2D eigenvalue weighted by atomic mass is 16.5. The maximum Gasteiger partial charge on any atom is 0.269 e. The Labute approximate surface area is 169 Å². The fourth-order valence-electron chi connectivity index (χ4n) is 2.99. The van der Waals surface area contributed by atoms with Gasteiger partial charge in [-0.05, 0) is 42.7 Å². The van der Waals surface area contributed by atoms with Crippen LogP contribution in [0.15, 0.2) is 48.7 Å². The smallest absolute Gasteiger partial charge is 0.269 e. The zero-order valence-corrected chi connectivity index (χ0v) is 16.6. The van der Waals surface area contributed by atoms with Crippen LogP contribution in [0.3, 0.4) is 0 Å². The van der Waals surface area contributed by atoms with E-state index < -0.39 is 5.91 Å². The molecule has 152 valence electrons. The molecule has 3 N–H and O–H groups in total. The van der Waals surface area contributed by atoms with Crippen LogP contribution in [-0.4, -0.2) is 30.5 Å². The number of ether oxygens (including phenoxy) is 2. The molecule has 0 saturated carbocycles. The summed E-state index contributed by atoms with van der Waals surface area (Å²) in [5.74, 6) is 0.356. The maximum atomic E-state index is 12.3. The molecule has 2 amide bonds. The lowest BCUT2D eigenvalue weighted by Gasteiger charge is -2.12. The van der Waals surface area contributed by atoms with E-state index >= 15 is 0 Å². The van der Waals surface area contributed by atoms with E-state index in [0.717, 1.165) is 22.9 Å². The van der Waals surface area contributed by atoms with Crippen LogP contribution in [0.4, 0.5) is 0 Å². The van der Waals surface area contributed by atoms with Crippen molar-refractivity contribution in [2.24, 2.45) is 0 Å². The second-order valence-electron chi connectivity index (χ2n) is 6.58. The number of methoxy groups -OCH3 is 1. The number of nitrogens with one attached hydrogen (secondary N) is 3. The highest BCUT2D eigenvalue weighted by Crippen LogP contribution is 2.28. The number of benzene rings is 2. The third-order valence-electron chi connectivity index (χ3n) is 4.50. The lowest BCUT2D eigenvalue weighted by atomic mass is 10.1. The quantitative estimate of drug-likeness (QED) is 0.510. The van der Waals surface area contributed by atoms with Crippen LogP contribution in [0.1, 0.15) is 35.7 Å². The third-order valence-corrected chi connectivity index (χ3v) is 4.50. The SMILES string of the molecule is CCCOc1ccc(C(=O)NNC(=O)CCc2c[nH]c3ccccc23)cc1OC. The molecule has 0 bridgehead atoms. The molecule has 1 heterocycles. The first kappa shape index (κ1) is 20.3. The Bertz CT molecular complexity index is 997. The van der Waals surface area contributed by atoms with E-state index in [2.05, 4.69) is 15.8 Å². The minimum absolute atomic E-state index is 0.259. The Morgan fingerprint density at radius 1 is 1.07 bits per heavy atom. The first-order valence-corrected chi connectivity index (χ1v) is 9.57. The maximum absolute atomic E-state index is 12.3. The number of H-pyrrole nitrogens is 1. The summed E-state index contributed by atoms with van der Waals surface area (Å²) in [6, 6.07) is 12.8. The van der Waals surface area contributed by atoms with Gasteiger partial charge < -0.3 is 14.5 Å². The molecule has 7 nitrogen and oxygen atoms in total. The van der Waals surface area contributed by atoms with Crippen LogP contribution in [0.2, 0.25) is 0 Å². The number of hydrazine groups is 1. The van der Waals surface area contributed by atoms with Crippen molar-refractivity contribution in [2.75, 3.05) is 13.7 Å². The zero-order chi connectivity index (χ0) is 20.6. The molecule has 0 radical (unpaired) electrons. The van der Waals surface area contributed by atoms with Gasteiger partial charge in [-0.3, -0.25) is 20.4 Å². The van der Waals surface area contributed by atoms with Crippen LogP contribution >= 0.6 is 0 Å². The minimum atomic E-state index is -0.425. The molecule has 3 aromatic rings. The zero-order valence-electron chi connectivity index (χ0n) is 16.6. The van der Waals surface area contributed by atoms with E-state index in [9.17, 15) is 9.59 Å². The summed E-state index contributed by atoms with van der Waals surface area (Å²) in [5.41, 5.74) is 7.36. The number of carbonyl (C=O) groups excluding carboxylic acids is 2. The molecule has 7 heteroatoms. The molecule has 29 heavy (non-hydrogen) atoms. The first-order chi connectivity index (χ1) is 14.1. The van der Waals surface area contributed by atoms with Crippen molar-refractivity contribution in [2.45, 2.75) is 26.2 Å². The second-order valence-corrected chi connectivity index (χ2v) is 6.58. The summed E-state index contributed by atoms with van der Waals surface area (Å²) in [5, 5.41) is 1.10. The summed E-state index contributed by atoms with van der Waals surface area (Å²) in [4.78, 5) is 27.6. The third kappa shape index (κ3) is 5.07. The number of hydrogen-bond acceptors (Lipinski definition) is 4. The summed E-state index contributed by atoms with van der Waals surface area (Å²) in [6.07, 6.45) is 3.61. The summed E-state index contributed by atoms with van der Waals surface area (Å²) >= 11 is 0. The summed E-state index contributed by atoms with van der Waals surface area (Å²) < 4.78 is 10.9. The molecule has 0 aliphatic heterocycles. The number of aromatic nitrogens is 1. The van der Waals surface area contributed by atoms with E-state index in [4.69, 9.17) is 9.47 Å². The summed E-state index contributed by atoms with van der Waals surface area (Å²) in [7, 11) is 1.52. The highest BCUT2D eigenvalue weighted by Gasteiger charge is 2.12. The highest BCUT2D eigenvalue weighted by molar-refractivity contribution is 5.96. The van der Waals surface area contributed by atoms with E-state index in [1.54, 1.807) is 18.2 Å². The van der Waals surface area contributed by atoms with Gasteiger partial charge in [-0.25, -0.2) is 0 Å². The number of rotatable bonds is 8. The van der Waals surface area contributed by atoms with Crippen molar-refractivity contribution in [3.8, 4) is 11.5 Å². The molecular weight excluding hydrogens is 370 g/mol. The average Bonchev–Trinajstić information content (AvgIpc) is 3.17. The van der Waals surface area contributed by atoms with Gasteiger partial charge in [-0.15, -0.1) is 0 Å². The Morgan fingerprint density at radius 2 is 1.90 bits per heavy atom. The molecular formula is C22H25N3O4. The molecule has 2 aromatic carbocycles. The van der Waals surface area contributed by atoms with Crippen molar-refractivity contribution in [1.29, 1.82) is 0 Å². The van der Waals surface area contributed by atoms with Crippen molar-refractivity contribution in [3.05, 3.63) is 59.8 Å². The van der Waals surface area contributed by atoms with Gasteiger partial charge >= 0.3 is 0 Å². The van der Waals surface area contributed by atoms with Gasteiger partial charge in [0.25, 0.3) is 5.91 Å². The Hall–Kier alpha value is -3.48. The van der Waals surface area contributed by atoms with Gasteiger partial charge in [-0.1, -0.05) is 25.1 Å². The van der Waals surface area contributed by atoms with Crippen molar-refractivity contribution in [1.82, 2.24) is 15.8 Å². The number of aromatic amines is 1. The minimum Gasteiger partial charge on any atom is -0.493 e. The first-order valence-electron chi connectivity index (χ1n) is 9.57. The molecule has 0 spiro atoms. The normalized spacial score (nSPS) is 10.6. The van der Waals surface area contributed by atoms with Crippen LogP contribution in [-0.2, 0) is 11.2 Å². The molecule has 3 rings (SSSR count). The fourth-order valence-corrected chi connectivity index (χ4v) is 2.99. The predicted molar refractivity (Wildman–Crippen MR) is 111 cm³/mol. The second kappa shape index (κ2) is 9.64. The molecule has 0 aliphatic carbocycles. The van der Waals surface area contributed by atoms with E-state index in [0.29, 0.717) is 30.1 Å². The van der Waals surface area contributed by atoms with E-state index in [1.165, 1.54) is 7.11 Å². The summed E-state index contributed by atoms with van der Waals surface area (Å²) in [6.45, 7) is 2.57. The Balaban J connectivity index is 1.52. The van der Waals surface area contributed by atoms with Crippen LogP contribution in [0.25, 0.3) is 10.9 Å². The molecule has 0 aliphatic rings. The molecule has 0 unspecified atom stereocenters. The van der Waals surface area contributed by atoms with Crippen molar-refractivity contribution in [3.63, 3.8) is 0 Å².